The molecular formula is C29H55NO. The molecule has 1 aliphatic rings. The van der Waals surface area contributed by atoms with Crippen molar-refractivity contribution in [2.75, 3.05) is 26.2 Å². The molecule has 0 saturated carbocycles. The fourth-order valence-corrected chi connectivity index (χ4v) is 4.65. The summed E-state index contributed by atoms with van der Waals surface area (Å²) >= 11 is 0. The van der Waals surface area contributed by atoms with Crippen molar-refractivity contribution in [3.8, 4) is 0 Å². The molecule has 1 fully saturated rings. The summed E-state index contributed by atoms with van der Waals surface area (Å²) in [5.74, 6) is 1.88. The Kier molecular flexibility index (Phi) is 19.2. The second kappa shape index (κ2) is 21.1. The highest BCUT2D eigenvalue weighted by Gasteiger charge is 2.18. The van der Waals surface area contributed by atoms with Crippen molar-refractivity contribution >= 4 is 0 Å². The van der Waals surface area contributed by atoms with E-state index in [0.29, 0.717) is 0 Å². The Morgan fingerprint density at radius 1 is 0.806 bits per heavy atom. The second-order valence-corrected chi connectivity index (χ2v) is 9.80. The van der Waals surface area contributed by atoms with Gasteiger partial charge in [0.2, 0.25) is 0 Å². The SMILES string of the molecule is C=C(CCCCCCC/C=C\CCCCCCCC)OCCC1CCN(CCC)CC1. The molecule has 1 aliphatic heterocycles. The van der Waals surface area contributed by atoms with Gasteiger partial charge in [-0.15, -0.1) is 0 Å². The molecule has 1 rings (SSSR count). The van der Waals surface area contributed by atoms with Crippen molar-refractivity contribution in [2.45, 2.75) is 129 Å². The van der Waals surface area contributed by atoms with Gasteiger partial charge in [0.25, 0.3) is 0 Å². The van der Waals surface area contributed by atoms with Crippen molar-refractivity contribution in [3.63, 3.8) is 0 Å². The standard InChI is InChI=1S/C29H55NO/c1-4-6-7-8-9-10-11-12-13-14-15-16-17-18-19-20-28(3)31-27-23-29-21-25-30(24-5-2)26-22-29/h12-13,29H,3-11,14-27H2,1-2H3/b13-12-. The van der Waals surface area contributed by atoms with Crippen LogP contribution in [0.1, 0.15) is 129 Å². The minimum atomic E-state index is 0.862. The number of allylic oxidation sites excluding steroid dienone is 3. The van der Waals surface area contributed by atoms with Gasteiger partial charge in [0.15, 0.2) is 0 Å². The van der Waals surface area contributed by atoms with E-state index in [1.165, 1.54) is 129 Å². The van der Waals surface area contributed by atoms with Gasteiger partial charge in [0.1, 0.15) is 0 Å². The Hall–Kier alpha value is -0.760. The van der Waals surface area contributed by atoms with Gasteiger partial charge in [-0.3, -0.25) is 0 Å². The number of nitrogens with zero attached hydrogens (tertiary/aromatic N) is 1. The van der Waals surface area contributed by atoms with Crippen LogP contribution in [0.4, 0.5) is 0 Å². The number of likely N-dealkylation sites (tertiary alicyclic amines) is 1. The lowest BCUT2D eigenvalue weighted by Crippen LogP contribution is -2.34. The van der Waals surface area contributed by atoms with E-state index in [9.17, 15) is 0 Å². The van der Waals surface area contributed by atoms with Crippen molar-refractivity contribution < 1.29 is 4.74 Å². The second-order valence-electron chi connectivity index (χ2n) is 9.80. The summed E-state index contributed by atoms with van der Waals surface area (Å²) in [5.41, 5.74) is 0. The summed E-state index contributed by atoms with van der Waals surface area (Å²) in [6, 6.07) is 0. The summed E-state index contributed by atoms with van der Waals surface area (Å²) in [4.78, 5) is 2.61. The van der Waals surface area contributed by atoms with Crippen molar-refractivity contribution in [1.29, 1.82) is 0 Å². The van der Waals surface area contributed by atoms with Crippen molar-refractivity contribution in [2.24, 2.45) is 5.92 Å². The molecule has 2 heteroatoms. The third-order valence-electron chi connectivity index (χ3n) is 6.80. The number of hydrogen-bond acceptors (Lipinski definition) is 2. The van der Waals surface area contributed by atoms with Gasteiger partial charge in [-0.2, -0.15) is 0 Å². The first-order valence-electron chi connectivity index (χ1n) is 13.9. The van der Waals surface area contributed by atoms with Crippen LogP contribution in [0.15, 0.2) is 24.5 Å². The lowest BCUT2D eigenvalue weighted by atomic mass is 9.94. The maximum atomic E-state index is 5.92. The fourth-order valence-electron chi connectivity index (χ4n) is 4.65. The van der Waals surface area contributed by atoms with E-state index in [1.807, 2.05) is 0 Å². The van der Waals surface area contributed by atoms with Crippen LogP contribution in [-0.4, -0.2) is 31.1 Å². The zero-order valence-corrected chi connectivity index (χ0v) is 21.4. The molecule has 0 aromatic heterocycles. The minimum absolute atomic E-state index is 0.862. The van der Waals surface area contributed by atoms with E-state index in [-0.39, 0.29) is 0 Å². The smallest absolute Gasteiger partial charge is 0.0888 e. The summed E-state index contributed by atoms with van der Waals surface area (Å²) in [7, 11) is 0. The first-order valence-corrected chi connectivity index (χ1v) is 13.9. The average Bonchev–Trinajstić information content (AvgIpc) is 2.78. The Labute approximate surface area is 195 Å². The van der Waals surface area contributed by atoms with Gasteiger partial charge < -0.3 is 9.64 Å². The largest absolute Gasteiger partial charge is 0.499 e. The first kappa shape index (κ1) is 28.3. The van der Waals surface area contributed by atoms with E-state index in [1.54, 1.807) is 0 Å². The molecule has 0 amide bonds. The predicted molar refractivity (Wildman–Crippen MR) is 139 cm³/mol. The average molecular weight is 434 g/mol. The zero-order chi connectivity index (χ0) is 22.4. The van der Waals surface area contributed by atoms with Crippen molar-refractivity contribution in [1.82, 2.24) is 4.90 Å². The Balaban J connectivity index is 1.81. The van der Waals surface area contributed by atoms with E-state index < -0.39 is 0 Å². The number of piperidine rings is 1. The number of unbranched alkanes of at least 4 members (excludes halogenated alkanes) is 11. The molecule has 0 spiro atoms. The van der Waals surface area contributed by atoms with E-state index in [2.05, 4.69) is 37.5 Å². The van der Waals surface area contributed by atoms with E-state index >= 15 is 0 Å². The summed E-state index contributed by atoms with van der Waals surface area (Å²) < 4.78 is 5.92. The van der Waals surface area contributed by atoms with Crippen LogP contribution in [0, 0.1) is 5.92 Å². The van der Waals surface area contributed by atoms with Gasteiger partial charge in [-0.1, -0.05) is 83.9 Å². The molecule has 0 aromatic carbocycles. The molecule has 0 unspecified atom stereocenters. The van der Waals surface area contributed by atoms with E-state index in [0.717, 1.165) is 24.7 Å². The monoisotopic (exact) mass is 433 g/mol. The maximum absolute atomic E-state index is 5.92. The highest BCUT2D eigenvalue weighted by Crippen LogP contribution is 2.21. The van der Waals surface area contributed by atoms with Crippen molar-refractivity contribution in [3.05, 3.63) is 24.5 Å². The Bertz CT molecular complexity index is 422. The quantitative estimate of drug-likeness (QED) is 0.102. The molecule has 0 radical (unpaired) electrons. The maximum Gasteiger partial charge on any atom is 0.0888 e. The summed E-state index contributed by atoms with van der Waals surface area (Å²) in [5, 5.41) is 0. The molecular weight excluding hydrogens is 378 g/mol. The molecule has 1 heterocycles. The lowest BCUT2D eigenvalue weighted by molar-refractivity contribution is 0.138. The Morgan fingerprint density at radius 3 is 2.00 bits per heavy atom. The van der Waals surface area contributed by atoms with Gasteiger partial charge in [0, 0.05) is 6.42 Å². The number of ether oxygens (including phenoxy) is 1. The van der Waals surface area contributed by atoms with Gasteiger partial charge in [0.05, 0.1) is 12.4 Å². The van der Waals surface area contributed by atoms with Crippen LogP contribution in [-0.2, 0) is 4.74 Å². The molecule has 0 aromatic rings. The normalized spacial score (nSPS) is 15.7. The predicted octanol–water partition coefficient (Wildman–Crippen LogP) is 9.07. The molecule has 0 bridgehead atoms. The fraction of sp³-hybridized carbons (Fsp3) is 0.862. The first-order chi connectivity index (χ1) is 15.3. The zero-order valence-electron chi connectivity index (χ0n) is 21.4. The number of hydrogen-bond donors (Lipinski definition) is 0. The molecule has 2 nitrogen and oxygen atoms in total. The lowest BCUT2D eigenvalue weighted by Gasteiger charge is -2.31. The van der Waals surface area contributed by atoms with Crippen LogP contribution in [0.5, 0.6) is 0 Å². The molecule has 0 N–H and O–H groups in total. The van der Waals surface area contributed by atoms with Crippen LogP contribution < -0.4 is 0 Å². The molecule has 1 saturated heterocycles. The van der Waals surface area contributed by atoms with Crippen LogP contribution in [0.3, 0.4) is 0 Å². The highest BCUT2D eigenvalue weighted by atomic mass is 16.5. The van der Waals surface area contributed by atoms with Crippen LogP contribution >= 0.6 is 0 Å². The minimum Gasteiger partial charge on any atom is -0.499 e. The third-order valence-corrected chi connectivity index (χ3v) is 6.80. The van der Waals surface area contributed by atoms with Gasteiger partial charge in [-0.25, -0.2) is 0 Å². The van der Waals surface area contributed by atoms with Gasteiger partial charge in [-0.05, 0) is 83.3 Å². The topological polar surface area (TPSA) is 12.5 Å². The molecule has 182 valence electrons. The third kappa shape index (κ3) is 17.5. The van der Waals surface area contributed by atoms with Crippen LogP contribution in [0.25, 0.3) is 0 Å². The van der Waals surface area contributed by atoms with Crippen LogP contribution in [0.2, 0.25) is 0 Å². The Morgan fingerprint density at radius 2 is 1.39 bits per heavy atom. The summed E-state index contributed by atoms with van der Waals surface area (Å²) in [6.45, 7) is 13.4. The molecule has 0 aliphatic carbocycles. The van der Waals surface area contributed by atoms with Gasteiger partial charge >= 0.3 is 0 Å². The molecule has 31 heavy (non-hydrogen) atoms. The van der Waals surface area contributed by atoms with E-state index in [4.69, 9.17) is 4.74 Å². The highest BCUT2D eigenvalue weighted by molar-refractivity contribution is 4.83. The summed E-state index contributed by atoms with van der Waals surface area (Å²) in [6.07, 6.45) is 28.7. The number of rotatable bonds is 21. The molecule has 0 atom stereocenters.